The highest BCUT2D eigenvalue weighted by Gasteiger charge is 2.52. The Hall–Kier alpha value is -5.49. The molecule has 0 unspecified atom stereocenters. The number of nitrogens with one attached hydrogen (secondary N) is 1. The number of benzene rings is 5. The van der Waals surface area contributed by atoms with Crippen LogP contribution in [-0.2, 0) is 6.18 Å². The molecule has 0 fully saturated rings. The molecule has 0 radical (unpaired) electrons. The topological polar surface area (TPSA) is 4.44 Å². The molecule has 1 nitrogen and oxygen atoms in total. The Labute approximate surface area is 522 Å². The van der Waals surface area contributed by atoms with Gasteiger partial charge in [0.2, 0.25) is 0 Å². The van der Waals surface area contributed by atoms with E-state index < -0.39 is 156 Å². The smallest absolute Gasteiger partial charge is 0.302 e. The van der Waals surface area contributed by atoms with Gasteiger partial charge in [0.15, 0.2) is 69.8 Å². The fourth-order valence-electron chi connectivity index (χ4n) is 12.0. The van der Waals surface area contributed by atoms with Gasteiger partial charge in [-0.3, -0.25) is 0 Å². The third-order valence-corrected chi connectivity index (χ3v) is 17.0. The van der Waals surface area contributed by atoms with Crippen LogP contribution in [-0.4, -0.2) is 19.2 Å². The molecule has 5 aromatic rings. The lowest BCUT2D eigenvalue weighted by atomic mass is 9.12. The van der Waals surface area contributed by atoms with E-state index in [1.807, 2.05) is 0 Å². The lowest BCUT2D eigenvalue weighted by Gasteiger charge is -2.44. The van der Waals surface area contributed by atoms with Crippen molar-refractivity contribution in [2.24, 2.45) is 0 Å². The molecule has 0 amide bonds. The van der Waals surface area contributed by atoms with E-state index in [1.54, 1.807) is 12.1 Å². The van der Waals surface area contributed by atoms with Crippen LogP contribution in [0, 0.1) is 116 Å². The van der Waals surface area contributed by atoms with E-state index in [1.165, 1.54) is 210 Å². The quantitative estimate of drug-likeness (QED) is 0.0131. The Bertz CT molecular complexity index is 2680. The van der Waals surface area contributed by atoms with Gasteiger partial charge in [0.1, 0.15) is 58.4 Å². The zero-order valence-electron chi connectivity index (χ0n) is 51.6. The van der Waals surface area contributed by atoms with Crippen molar-refractivity contribution in [3.8, 4) is 0 Å². The van der Waals surface area contributed by atoms with Crippen molar-refractivity contribution in [2.45, 2.75) is 225 Å². The third-order valence-electron chi connectivity index (χ3n) is 17.0. The van der Waals surface area contributed by atoms with E-state index in [0.717, 1.165) is 31.6 Å². The van der Waals surface area contributed by atoms with Crippen LogP contribution in [0.25, 0.3) is 0 Å². The maximum absolute atomic E-state index is 15.4. The van der Waals surface area contributed by atoms with Gasteiger partial charge < -0.3 is 4.90 Å². The predicted molar refractivity (Wildman–Crippen MR) is 310 cm³/mol. The Kier molecular flexibility index (Phi) is 33.3. The fourth-order valence-corrected chi connectivity index (χ4v) is 12.0. The van der Waals surface area contributed by atoms with Crippen LogP contribution in [0.2, 0.25) is 0 Å². The number of hydrogen-bond donors (Lipinski definition) is 1. The summed E-state index contributed by atoms with van der Waals surface area (Å²) in [6.45, 7) is 6.63. The highest BCUT2D eigenvalue weighted by Crippen LogP contribution is 2.33. The lowest BCUT2D eigenvalue weighted by Crippen LogP contribution is -3.07. The summed E-state index contributed by atoms with van der Waals surface area (Å²) >= 11 is 0. The molecule has 92 heavy (non-hydrogen) atoms. The van der Waals surface area contributed by atoms with Crippen LogP contribution < -0.4 is 26.8 Å². The summed E-state index contributed by atoms with van der Waals surface area (Å²) < 4.78 is 333. The molecule has 5 aromatic carbocycles. The standard InChI is InChI=1S/C43H78F3N.C24BF20/c1-3-5-7-9-11-13-15-17-19-21-23-25-27-29-31-33-39-47(42-37-35-41(36-38-42)43(44,45)46)40-34-32-30-28-26-24-22-20-18-16-14-12-10-8-6-4-2;26-5-1(6(27)14(35)21(42)13(5)34)25(2-7(28)15(36)22(43)16(37)8(2)29,3-9(30)17(38)23(44)18(39)10(3)31)4-11(32)19(40)24(45)20(41)12(4)33/h35-38H,3-34,39-40H2,1-2H3;/q;-1/p+1. The molecule has 0 atom stereocenters. The minimum atomic E-state index is -7.22. The first-order valence-electron chi connectivity index (χ1n) is 31.9. The first-order valence-corrected chi connectivity index (χ1v) is 31.9. The molecule has 1 N–H and O–H groups in total. The molecule has 516 valence electrons. The number of alkyl halides is 3. The molecule has 0 aliphatic heterocycles. The molecule has 0 aromatic heterocycles. The third kappa shape index (κ3) is 20.3. The van der Waals surface area contributed by atoms with Crippen LogP contribution in [0.5, 0.6) is 0 Å². The summed E-state index contributed by atoms with van der Waals surface area (Å²) in [6.07, 6.45) is 32.1. The molecule has 0 bridgehead atoms. The van der Waals surface area contributed by atoms with Crippen molar-refractivity contribution >= 4 is 33.7 Å². The summed E-state index contributed by atoms with van der Waals surface area (Å²) in [4.78, 5) is 1.37. The van der Waals surface area contributed by atoms with E-state index in [2.05, 4.69) is 13.8 Å². The first kappa shape index (κ1) is 79.0. The average molecular weight is 1350 g/mol. The van der Waals surface area contributed by atoms with Gasteiger partial charge in [-0.15, -0.1) is 21.9 Å². The van der Waals surface area contributed by atoms with E-state index in [9.17, 15) is 65.9 Å². The summed E-state index contributed by atoms with van der Waals surface area (Å²) in [6, 6.07) is 5.99. The Morgan fingerprint density at radius 2 is 0.402 bits per heavy atom. The largest absolute Gasteiger partial charge is 0.416 e. The van der Waals surface area contributed by atoms with Crippen LogP contribution in [0.3, 0.4) is 0 Å². The number of quaternary nitrogens is 1. The minimum Gasteiger partial charge on any atom is -0.302 e. The van der Waals surface area contributed by atoms with Crippen molar-refractivity contribution in [1.29, 1.82) is 0 Å². The van der Waals surface area contributed by atoms with Gasteiger partial charge in [-0.1, -0.05) is 194 Å². The summed E-state index contributed by atoms with van der Waals surface area (Å²) in [5.74, 6) is -71.4. The Balaban J connectivity index is 0.000000392. The van der Waals surface area contributed by atoms with Gasteiger partial charge in [-0.25, -0.2) is 87.8 Å². The minimum absolute atomic E-state index is 0.537. The van der Waals surface area contributed by atoms with E-state index in [-0.39, 0.29) is 0 Å². The SMILES string of the molecule is CCCCCCCCCCCCCCCCCC[NH+](CCCCCCCCCCCCCCCCCC)c1ccc(C(F)(F)F)cc1.Fc1c(F)c(F)c([B-](c2c(F)c(F)c(F)c(F)c2F)(c2c(F)c(F)c(F)c(F)c2F)c2c(F)c(F)c(F)c(F)c2F)c(F)c1F. The Morgan fingerprint density at radius 1 is 0.239 bits per heavy atom. The van der Waals surface area contributed by atoms with Crippen molar-refractivity contribution in [1.82, 2.24) is 0 Å². The first-order chi connectivity index (χ1) is 43.7. The molecule has 0 aliphatic rings. The second-order valence-corrected chi connectivity index (χ2v) is 23.6. The average Bonchev–Trinajstić information content (AvgIpc) is 0.684. The molecule has 0 saturated heterocycles. The van der Waals surface area contributed by atoms with Crippen LogP contribution in [0.4, 0.5) is 107 Å². The Morgan fingerprint density at radius 3 is 0.576 bits per heavy atom. The van der Waals surface area contributed by atoms with Gasteiger partial charge in [-0.2, -0.15) is 13.2 Å². The lowest BCUT2D eigenvalue weighted by molar-refractivity contribution is -0.833. The number of hydrogen-bond acceptors (Lipinski definition) is 0. The molecular weight excluding hydrogens is 1270 g/mol. The molecule has 0 spiro atoms. The van der Waals surface area contributed by atoms with E-state index in [0.29, 0.717) is 0 Å². The highest BCUT2D eigenvalue weighted by atomic mass is 19.4. The molecule has 0 heterocycles. The van der Waals surface area contributed by atoms with Crippen LogP contribution in [0.15, 0.2) is 24.3 Å². The number of unbranched alkanes of at least 4 members (excludes halogenated alkanes) is 30. The second kappa shape index (κ2) is 38.8. The van der Waals surface area contributed by atoms with Crippen LogP contribution in [0.1, 0.15) is 225 Å². The van der Waals surface area contributed by atoms with Crippen molar-refractivity contribution in [2.75, 3.05) is 13.1 Å². The molecular formula is C67H79BF23N. The van der Waals surface area contributed by atoms with Gasteiger partial charge in [0.05, 0.1) is 18.7 Å². The van der Waals surface area contributed by atoms with Crippen molar-refractivity contribution in [3.63, 3.8) is 0 Å². The predicted octanol–water partition coefficient (Wildman–Crippen LogP) is 20.6. The van der Waals surface area contributed by atoms with E-state index >= 15 is 35.1 Å². The van der Waals surface area contributed by atoms with Crippen molar-refractivity contribution < 1.29 is 106 Å². The summed E-state index contributed by atoms with van der Waals surface area (Å²) in [5.41, 5.74) is -13.8. The van der Waals surface area contributed by atoms with Crippen molar-refractivity contribution in [3.05, 3.63) is 146 Å². The van der Waals surface area contributed by atoms with Gasteiger partial charge in [-0.05, 0) is 49.9 Å². The van der Waals surface area contributed by atoms with E-state index in [4.69, 9.17) is 0 Å². The summed E-state index contributed by atoms with van der Waals surface area (Å²) in [5, 5.41) is 0. The molecule has 0 saturated carbocycles. The van der Waals surface area contributed by atoms with Crippen LogP contribution >= 0.6 is 0 Å². The zero-order valence-corrected chi connectivity index (χ0v) is 51.6. The van der Waals surface area contributed by atoms with Gasteiger partial charge in [0, 0.05) is 0 Å². The summed E-state index contributed by atoms with van der Waals surface area (Å²) in [7, 11) is 0. The highest BCUT2D eigenvalue weighted by molar-refractivity contribution is 7.20. The maximum Gasteiger partial charge on any atom is 0.416 e. The van der Waals surface area contributed by atoms with Gasteiger partial charge in [0.25, 0.3) is 0 Å². The fraction of sp³-hybridized carbons (Fsp3) is 0.552. The maximum atomic E-state index is 15.4. The normalized spacial score (nSPS) is 12.0. The molecule has 0 aliphatic carbocycles. The number of rotatable bonds is 39. The molecule has 25 heteroatoms. The monoisotopic (exact) mass is 1350 g/mol. The van der Waals surface area contributed by atoms with Gasteiger partial charge >= 0.3 is 6.18 Å². The molecule has 5 rings (SSSR count). The number of halogens is 23. The zero-order chi connectivity index (χ0) is 68.5. The second-order valence-electron chi connectivity index (χ2n) is 23.6.